The van der Waals surface area contributed by atoms with E-state index >= 15 is 0 Å². The Bertz CT molecular complexity index is 264. The fourth-order valence-corrected chi connectivity index (χ4v) is 1.90. The summed E-state index contributed by atoms with van der Waals surface area (Å²) in [6.45, 7) is 2.14. The van der Waals surface area contributed by atoms with E-state index in [9.17, 15) is 0 Å². The SMILES string of the molecule is CN(CCCCCCCl)Cc1cccnc1. The van der Waals surface area contributed by atoms with Crippen LogP contribution >= 0.6 is 11.6 Å². The van der Waals surface area contributed by atoms with Crippen molar-refractivity contribution in [3.8, 4) is 0 Å². The molecule has 0 aromatic carbocycles. The highest BCUT2D eigenvalue weighted by molar-refractivity contribution is 6.17. The Hall–Kier alpha value is -0.600. The quantitative estimate of drug-likeness (QED) is 0.512. The standard InChI is InChI=1S/C13H21ClN2/c1-16(10-5-3-2-4-8-14)12-13-7-6-9-15-11-13/h6-7,9,11H,2-5,8,10,12H2,1H3. The van der Waals surface area contributed by atoms with Crippen molar-refractivity contribution in [3.05, 3.63) is 30.1 Å². The molecule has 1 rings (SSSR count). The Balaban J connectivity index is 2.09. The lowest BCUT2D eigenvalue weighted by molar-refractivity contribution is 0.317. The third-order valence-electron chi connectivity index (χ3n) is 2.60. The Morgan fingerprint density at radius 1 is 1.25 bits per heavy atom. The number of halogens is 1. The fourth-order valence-electron chi connectivity index (χ4n) is 1.71. The van der Waals surface area contributed by atoms with Crippen LogP contribution in [0, 0.1) is 0 Å². The second kappa shape index (κ2) is 8.54. The second-order valence-electron chi connectivity index (χ2n) is 4.20. The van der Waals surface area contributed by atoms with Gasteiger partial charge in [0.25, 0.3) is 0 Å². The van der Waals surface area contributed by atoms with E-state index in [2.05, 4.69) is 23.0 Å². The molecule has 0 fully saturated rings. The minimum Gasteiger partial charge on any atom is -0.302 e. The molecule has 0 spiro atoms. The maximum absolute atomic E-state index is 5.63. The molecule has 2 nitrogen and oxygen atoms in total. The van der Waals surface area contributed by atoms with Crippen molar-refractivity contribution in [2.24, 2.45) is 0 Å². The third kappa shape index (κ3) is 6.09. The first-order valence-electron chi connectivity index (χ1n) is 5.96. The van der Waals surface area contributed by atoms with Crippen LogP contribution in [0.25, 0.3) is 0 Å². The van der Waals surface area contributed by atoms with Crippen LogP contribution in [-0.2, 0) is 6.54 Å². The van der Waals surface area contributed by atoms with Crippen molar-refractivity contribution in [1.82, 2.24) is 9.88 Å². The molecule has 0 saturated carbocycles. The fraction of sp³-hybridized carbons (Fsp3) is 0.615. The highest BCUT2D eigenvalue weighted by Crippen LogP contribution is 2.05. The van der Waals surface area contributed by atoms with E-state index in [1.165, 1.54) is 24.8 Å². The lowest BCUT2D eigenvalue weighted by Gasteiger charge is -2.16. The number of aromatic nitrogens is 1. The van der Waals surface area contributed by atoms with Crippen molar-refractivity contribution in [1.29, 1.82) is 0 Å². The van der Waals surface area contributed by atoms with Gasteiger partial charge >= 0.3 is 0 Å². The van der Waals surface area contributed by atoms with Crippen LogP contribution in [-0.4, -0.2) is 29.4 Å². The van der Waals surface area contributed by atoms with Gasteiger partial charge in [-0.25, -0.2) is 0 Å². The Kier molecular flexibility index (Phi) is 7.19. The average molecular weight is 241 g/mol. The maximum atomic E-state index is 5.63. The van der Waals surface area contributed by atoms with Crippen LogP contribution in [0.5, 0.6) is 0 Å². The van der Waals surface area contributed by atoms with E-state index in [1.54, 1.807) is 0 Å². The lowest BCUT2D eigenvalue weighted by Crippen LogP contribution is -2.19. The summed E-state index contributed by atoms with van der Waals surface area (Å²) < 4.78 is 0. The molecule has 1 heterocycles. The number of pyridine rings is 1. The smallest absolute Gasteiger partial charge is 0.0312 e. The number of hydrogen-bond donors (Lipinski definition) is 0. The van der Waals surface area contributed by atoms with Gasteiger partial charge in [-0.3, -0.25) is 4.98 Å². The number of hydrogen-bond acceptors (Lipinski definition) is 2. The van der Waals surface area contributed by atoms with E-state index in [0.717, 1.165) is 25.4 Å². The molecule has 3 heteroatoms. The summed E-state index contributed by atoms with van der Waals surface area (Å²) in [5.74, 6) is 0.797. The largest absolute Gasteiger partial charge is 0.302 e. The van der Waals surface area contributed by atoms with Crippen molar-refractivity contribution in [2.45, 2.75) is 32.2 Å². The summed E-state index contributed by atoms with van der Waals surface area (Å²) in [5, 5.41) is 0. The van der Waals surface area contributed by atoms with Gasteiger partial charge in [0.1, 0.15) is 0 Å². The normalized spacial score (nSPS) is 10.9. The molecule has 16 heavy (non-hydrogen) atoms. The zero-order valence-corrected chi connectivity index (χ0v) is 10.8. The van der Waals surface area contributed by atoms with Gasteiger partial charge in [0.15, 0.2) is 0 Å². The molecular formula is C13H21ClN2. The highest BCUT2D eigenvalue weighted by atomic mass is 35.5. The Morgan fingerprint density at radius 2 is 2.06 bits per heavy atom. The molecule has 90 valence electrons. The molecule has 0 amide bonds. The summed E-state index contributed by atoms with van der Waals surface area (Å²) in [6, 6.07) is 4.11. The van der Waals surface area contributed by atoms with Gasteiger partial charge < -0.3 is 4.90 Å². The van der Waals surface area contributed by atoms with Gasteiger partial charge in [-0.1, -0.05) is 18.9 Å². The van der Waals surface area contributed by atoms with Crippen molar-refractivity contribution in [3.63, 3.8) is 0 Å². The van der Waals surface area contributed by atoms with Crippen LogP contribution in [0.4, 0.5) is 0 Å². The zero-order valence-electron chi connectivity index (χ0n) is 10.0. The molecule has 1 aromatic heterocycles. The molecule has 0 bridgehead atoms. The van der Waals surface area contributed by atoms with Gasteiger partial charge in [0.05, 0.1) is 0 Å². The molecule has 0 radical (unpaired) electrons. The minimum absolute atomic E-state index is 0.797. The average Bonchev–Trinajstić information content (AvgIpc) is 2.30. The summed E-state index contributed by atoms with van der Waals surface area (Å²) in [6.07, 6.45) is 8.69. The van der Waals surface area contributed by atoms with E-state index in [-0.39, 0.29) is 0 Å². The number of alkyl halides is 1. The first-order valence-corrected chi connectivity index (χ1v) is 6.50. The predicted molar refractivity (Wildman–Crippen MR) is 69.8 cm³/mol. The molecule has 0 aliphatic rings. The van der Waals surface area contributed by atoms with E-state index in [0.29, 0.717) is 0 Å². The minimum atomic E-state index is 0.797. The summed E-state index contributed by atoms with van der Waals surface area (Å²) >= 11 is 5.63. The van der Waals surface area contributed by atoms with Crippen LogP contribution < -0.4 is 0 Å². The van der Waals surface area contributed by atoms with Gasteiger partial charge in [-0.15, -0.1) is 11.6 Å². The highest BCUT2D eigenvalue weighted by Gasteiger charge is 1.99. The summed E-state index contributed by atoms with van der Waals surface area (Å²) in [4.78, 5) is 6.46. The molecule has 0 unspecified atom stereocenters. The second-order valence-corrected chi connectivity index (χ2v) is 4.58. The monoisotopic (exact) mass is 240 g/mol. The number of unbranched alkanes of at least 4 members (excludes halogenated alkanes) is 3. The molecule has 0 N–H and O–H groups in total. The van der Waals surface area contributed by atoms with Crippen LogP contribution in [0.2, 0.25) is 0 Å². The van der Waals surface area contributed by atoms with Crippen LogP contribution in [0.1, 0.15) is 31.2 Å². The Morgan fingerprint density at radius 3 is 2.75 bits per heavy atom. The number of rotatable bonds is 8. The summed E-state index contributed by atoms with van der Waals surface area (Å²) in [7, 11) is 2.16. The molecule has 1 aromatic rings. The first-order chi connectivity index (χ1) is 7.83. The van der Waals surface area contributed by atoms with Crippen LogP contribution in [0.3, 0.4) is 0 Å². The molecule has 0 atom stereocenters. The predicted octanol–water partition coefficient (Wildman–Crippen LogP) is 3.31. The first kappa shape index (κ1) is 13.5. The molecule has 0 saturated heterocycles. The van der Waals surface area contributed by atoms with E-state index < -0.39 is 0 Å². The van der Waals surface area contributed by atoms with Crippen molar-refractivity contribution < 1.29 is 0 Å². The maximum Gasteiger partial charge on any atom is 0.0312 e. The van der Waals surface area contributed by atoms with Crippen molar-refractivity contribution in [2.75, 3.05) is 19.5 Å². The Labute approximate surface area is 104 Å². The van der Waals surface area contributed by atoms with Crippen LogP contribution in [0.15, 0.2) is 24.5 Å². The lowest BCUT2D eigenvalue weighted by atomic mass is 10.2. The topological polar surface area (TPSA) is 16.1 Å². The van der Waals surface area contributed by atoms with Crippen molar-refractivity contribution >= 4 is 11.6 Å². The summed E-state index contributed by atoms with van der Waals surface area (Å²) in [5.41, 5.74) is 1.28. The van der Waals surface area contributed by atoms with Gasteiger partial charge in [0.2, 0.25) is 0 Å². The van der Waals surface area contributed by atoms with E-state index in [4.69, 9.17) is 11.6 Å². The van der Waals surface area contributed by atoms with Gasteiger partial charge in [-0.2, -0.15) is 0 Å². The molecule has 0 aliphatic heterocycles. The molecular weight excluding hydrogens is 220 g/mol. The van der Waals surface area contributed by atoms with Gasteiger partial charge in [-0.05, 0) is 38.1 Å². The third-order valence-corrected chi connectivity index (χ3v) is 2.87. The van der Waals surface area contributed by atoms with E-state index in [1.807, 2.05) is 18.5 Å². The zero-order chi connectivity index (χ0) is 11.6. The molecule has 0 aliphatic carbocycles. The number of nitrogens with zero attached hydrogens (tertiary/aromatic N) is 2. The van der Waals surface area contributed by atoms with Gasteiger partial charge in [0, 0.05) is 24.8 Å².